The number of hydrogen-bond donors (Lipinski definition) is 0. The molecule has 0 heterocycles. The van der Waals surface area contributed by atoms with E-state index in [2.05, 4.69) is 69.4 Å². The molecule has 0 aromatic heterocycles. The highest BCUT2D eigenvalue weighted by atomic mass is 16.6. The van der Waals surface area contributed by atoms with E-state index >= 15 is 0 Å². The van der Waals surface area contributed by atoms with Gasteiger partial charge in [-0.05, 0) is 57.8 Å². The average Bonchev–Trinajstić information content (AvgIpc) is 3.49. The SMILES string of the molecule is CC/C=C\C/C=C\C/C=C\C/C=C\CCCCCCCCCCCCCCCCC(=O)OCC(COC(=O)CCCCCCCCCCCCCCCCCCCC)OC(=O)CCCCCCCCCCCCCCCCCCCCCC. The Bertz CT molecular complexity index is 1430. The number of esters is 3. The van der Waals surface area contributed by atoms with Crippen LogP contribution < -0.4 is 0 Å². The van der Waals surface area contributed by atoms with Crippen molar-refractivity contribution in [1.29, 1.82) is 0 Å². The van der Waals surface area contributed by atoms with Gasteiger partial charge < -0.3 is 14.2 Å². The summed E-state index contributed by atoms with van der Waals surface area (Å²) in [5.41, 5.74) is 0. The molecule has 0 saturated carbocycles. The number of unbranched alkanes of at least 4 members (excludes halogenated alkanes) is 50. The van der Waals surface area contributed by atoms with E-state index in [1.807, 2.05) is 0 Å². The van der Waals surface area contributed by atoms with Gasteiger partial charge in [-0.2, -0.15) is 0 Å². The minimum absolute atomic E-state index is 0.0656. The highest BCUT2D eigenvalue weighted by Gasteiger charge is 2.20. The summed E-state index contributed by atoms with van der Waals surface area (Å²) in [4.78, 5) is 38.5. The van der Waals surface area contributed by atoms with Crippen LogP contribution in [0.15, 0.2) is 48.6 Å². The van der Waals surface area contributed by atoms with E-state index in [4.69, 9.17) is 14.2 Å². The molecule has 0 saturated heterocycles. The second kappa shape index (κ2) is 71.8. The smallest absolute Gasteiger partial charge is 0.306 e. The molecule has 6 nitrogen and oxygen atoms in total. The molecule has 0 aromatic carbocycles. The molecule has 1 atom stereocenters. The van der Waals surface area contributed by atoms with Gasteiger partial charge in [-0.3, -0.25) is 14.4 Å². The monoisotopic (exact) mass is 1160 g/mol. The fraction of sp³-hybridized carbons (Fsp3) is 0.857. The van der Waals surface area contributed by atoms with E-state index in [-0.39, 0.29) is 31.1 Å². The van der Waals surface area contributed by atoms with Crippen molar-refractivity contribution in [3.63, 3.8) is 0 Å². The van der Waals surface area contributed by atoms with Gasteiger partial charge in [0.15, 0.2) is 6.10 Å². The standard InChI is InChI=1S/C77H142O6/c1-4-7-10-13-16-19-22-25-28-31-34-36-37-38-39-40-41-42-44-46-49-52-55-58-61-64-67-70-76(79)82-73-74(72-81-75(78)69-66-63-60-57-54-51-48-45-33-30-27-24-21-18-15-12-9-6-3)83-77(80)71-68-65-62-59-56-53-50-47-43-35-32-29-26-23-20-17-14-11-8-5-2/h7,10,16,19,25,28,34,36,74H,4-6,8-9,11-15,17-18,20-24,26-27,29-33,35,37-73H2,1-3H3/b10-7-,19-16-,28-25-,36-34-. The van der Waals surface area contributed by atoms with Gasteiger partial charge in [-0.25, -0.2) is 0 Å². The molecular weight excluding hydrogens is 1020 g/mol. The van der Waals surface area contributed by atoms with Gasteiger partial charge in [0.1, 0.15) is 13.2 Å². The Hall–Kier alpha value is -2.63. The van der Waals surface area contributed by atoms with E-state index < -0.39 is 6.10 Å². The Morgan fingerprint density at radius 3 is 0.735 bits per heavy atom. The summed E-state index contributed by atoms with van der Waals surface area (Å²) in [5.74, 6) is -0.831. The number of allylic oxidation sites excluding steroid dienone is 8. The summed E-state index contributed by atoms with van der Waals surface area (Å²) in [6, 6.07) is 0. The Kier molecular flexibility index (Phi) is 69.6. The first-order valence-corrected chi connectivity index (χ1v) is 37.1. The van der Waals surface area contributed by atoms with Crippen LogP contribution in [0.25, 0.3) is 0 Å². The fourth-order valence-corrected chi connectivity index (χ4v) is 11.3. The predicted octanol–water partition coefficient (Wildman–Crippen LogP) is 25.7. The largest absolute Gasteiger partial charge is 0.462 e. The molecule has 0 aliphatic carbocycles. The summed E-state index contributed by atoms with van der Waals surface area (Å²) in [6.07, 6.45) is 91.4. The van der Waals surface area contributed by atoms with Gasteiger partial charge in [0.05, 0.1) is 0 Å². The fourth-order valence-electron chi connectivity index (χ4n) is 11.3. The molecule has 0 aromatic rings. The average molecular weight is 1160 g/mol. The lowest BCUT2D eigenvalue weighted by Gasteiger charge is -2.18. The van der Waals surface area contributed by atoms with Crippen LogP contribution in [0.2, 0.25) is 0 Å². The van der Waals surface area contributed by atoms with Gasteiger partial charge in [-0.15, -0.1) is 0 Å². The molecule has 0 fully saturated rings. The van der Waals surface area contributed by atoms with Gasteiger partial charge in [0.25, 0.3) is 0 Å². The highest BCUT2D eigenvalue weighted by molar-refractivity contribution is 5.71. The zero-order valence-corrected chi connectivity index (χ0v) is 56.0. The molecule has 0 spiro atoms. The van der Waals surface area contributed by atoms with Crippen molar-refractivity contribution in [2.75, 3.05) is 13.2 Å². The Morgan fingerprint density at radius 1 is 0.253 bits per heavy atom. The number of rotatable bonds is 69. The van der Waals surface area contributed by atoms with Crippen molar-refractivity contribution >= 4 is 17.9 Å². The Labute approximate surface area is 518 Å². The maximum atomic E-state index is 13.0. The molecule has 83 heavy (non-hydrogen) atoms. The summed E-state index contributed by atoms with van der Waals surface area (Å²) in [6.45, 7) is 6.62. The Balaban J connectivity index is 4.27. The van der Waals surface area contributed by atoms with Gasteiger partial charge in [0, 0.05) is 19.3 Å². The van der Waals surface area contributed by atoms with Crippen LogP contribution >= 0.6 is 0 Å². The van der Waals surface area contributed by atoms with Gasteiger partial charge >= 0.3 is 17.9 Å². The van der Waals surface area contributed by atoms with Crippen LogP contribution in [0.5, 0.6) is 0 Å². The molecular formula is C77H142O6. The van der Waals surface area contributed by atoms with Crippen molar-refractivity contribution in [2.45, 2.75) is 412 Å². The van der Waals surface area contributed by atoms with Crippen LogP contribution in [-0.2, 0) is 28.6 Å². The molecule has 0 radical (unpaired) electrons. The van der Waals surface area contributed by atoms with Crippen molar-refractivity contribution < 1.29 is 28.6 Å². The first-order chi connectivity index (χ1) is 41.0. The van der Waals surface area contributed by atoms with E-state index in [1.54, 1.807) is 0 Å². The molecule has 0 aliphatic rings. The maximum absolute atomic E-state index is 13.0. The summed E-state index contributed by atoms with van der Waals surface area (Å²) in [5, 5.41) is 0. The third kappa shape index (κ3) is 70.0. The number of carbonyl (C=O) groups excluding carboxylic acids is 3. The summed E-state index contributed by atoms with van der Waals surface area (Å²) < 4.78 is 17.1. The molecule has 1 unspecified atom stereocenters. The van der Waals surface area contributed by atoms with Crippen LogP contribution in [0.4, 0.5) is 0 Å². The third-order valence-electron chi connectivity index (χ3n) is 16.8. The quantitative estimate of drug-likeness (QED) is 0.0261. The lowest BCUT2D eigenvalue weighted by Crippen LogP contribution is -2.30. The van der Waals surface area contributed by atoms with Crippen LogP contribution in [0.3, 0.4) is 0 Å². The summed E-state index contributed by atoms with van der Waals surface area (Å²) >= 11 is 0. The number of carbonyl (C=O) groups is 3. The first-order valence-electron chi connectivity index (χ1n) is 37.1. The zero-order valence-electron chi connectivity index (χ0n) is 56.0. The minimum atomic E-state index is -0.770. The molecule has 6 heteroatoms. The number of ether oxygens (including phenoxy) is 3. The molecule has 0 rings (SSSR count). The van der Waals surface area contributed by atoms with Gasteiger partial charge in [-0.1, -0.05) is 378 Å². The van der Waals surface area contributed by atoms with E-state index in [0.29, 0.717) is 19.3 Å². The molecule has 0 aliphatic heterocycles. The van der Waals surface area contributed by atoms with Crippen LogP contribution in [0, 0.1) is 0 Å². The van der Waals surface area contributed by atoms with Crippen molar-refractivity contribution in [2.24, 2.45) is 0 Å². The van der Waals surface area contributed by atoms with E-state index in [1.165, 1.54) is 283 Å². The van der Waals surface area contributed by atoms with Crippen LogP contribution in [-0.4, -0.2) is 37.2 Å². The maximum Gasteiger partial charge on any atom is 0.306 e. The van der Waals surface area contributed by atoms with Crippen LogP contribution in [0.1, 0.15) is 406 Å². The number of hydrogen-bond acceptors (Lipinski definition) is 6. The van der Waals surface area contributed by atoms with E-state index in [0.717, 1.165) is 83.5 Å². The van der Waals surface area contributed by atoms with Crippen molar-refractivity contribution in [1.82, 2.24) is 0 Å². The first kappa shape index (κ1) is 80.4. The second-order valence-corrected chi connectivity index (χ2v) is 25.2. The zero-order chi connectivity index (χ0) is 59.9. The lowest BCUT2D eigenvalue weighted by molar-refractivity contribution is -0.167. The van der Waals surface area contributed by atoms with Crippen molar-refractivity contribution in [3.8, 4) is 0 Å². The van der Waals surface area contributed by atoms with Gasteiger partial charge in [0.2, 0.25) is 0 Å². The molecule has 0 bridgehead atoms. The van der Waals surface area contributed by atoms with Crippen molar-refractivity contribution in [3.05, 3.63) is 48.6 Å². The Morgan fingerprint density at radius 2 is 0.470 bits per heavy atom. The summed E-state index contributed by atoms with van der Waals surface area (Å²) in [7, 11) is 0. The lowest BCUT2D eigenvalue weighted by atomic mass is 10.0. The molecule has 486 valence electrons. The minimum Gasteiger partial charge on any atom is -0.462 e. The van der Waals surface area contributed by atoms with E-state index in [9.17, 15) is 14.4 Å². The third-order valence-corrected chi connectivity index (χ3v) is 16.8. The molecule has 0 N–H and O–H groups in total. The second-order valence-electron chi connectivity index (χ2n) is 25.2. The topological polar surface area (TPSA) is 78.9 Å². The molecule has 0 amide bonds. The normalized spacial score (nSPS) is 12.3. The highest BCUT2D eigenvalue weighted by Crippen LogP contribution is 2.19. The predicted molar refractivity (Wildman–Crippen MR) is 362 cm³/mol.